The topological polar surface area (TPSA) is 24.7 Å². The lowest BCUT2D eigenvalue weighted by Gasteiger charge is -2.24. The van der Waals surface area contributed by atoms with Crippen LogP contribution in [-0.2, 0) is 19.4 Å². The monoisotopic (exact) mass is 306 g/mol. The van der Waals surface area contributed by atoms with Crippen LogP contribution in [0.5, 0.6) is 5.75 Å². The highest BCUT2D eigenvalue weighted by Gasteiger charge is 2.20. The predicted octanol–water partition coefficient (Wildman–Crippen LogP) is 2.75. The van der Waals surface area contributed by atoms with E-state index in [2.05, 4.69) is 42.5 Å². The molecule has 0 saturated heterocycles. The molecule has 0 bridgehead atoms. The highest BCUT2D eigenvalue weighted by atomic mass is 16.3. The zero-order valence-corrected chi connectivity index (χ0v) is 13.5. The van der Waals surface area contributed by atoms with E-state index in [9.17, 15) is 5.11 Å². The summed E-state index contributed by atoms with van der Waals surface area (Å²) in [5.74, 6) is 0.496. The molecule has 2 N–H and O–H groups in total. The molecule has 2 aromatic carbocycles. The highest BCUT2D eigenvalue weighted by Crippen LogP contribution is 2.29. The minimum atomic E-state index is 0.496. The molecule has 0 fully saturated rings. The number of fused-ring (bicyclic) bond motifs is 1. The Hall–Kier alpha value is -2.06. The van der Waals surface area contributed by atoms with Gasteiger partial charge in [-0.1, -0.05) is 30.3 Å². The fourth-order valence-corrected chi connectivity index (χ4v) is 3.93. The zero-order chi connectivity index (χ0) is 15.6. The molecule has 118 valence electrons. The van der Waals surface area contributed by atoms with Crippen LogP contribution >= 0.6 is 0 Å². The summed E-state index contributed by atoms with van der Waals surface area (Å²) in [6, 6.07) is 14.9. The summed E-state index contributed by atoms with van der Waals surface area (Å²) < 4.78 is 0. The second-order valence-corrected chi connectivity index (χ2v) is 6.83. The van der Waals surface area contributed by atoms with Gasteiger partial charge in [0.25, 0.3) is 0 Å². The van der Waals surface area contributed by atoms with Crippen LogP contribution in [0, 0.1) is 0 Å². The molecule has 1 unspecified atom stereocenters. The normalized spacial score (nSPS) is 20.2. The molecule has 0 spiro atoms. The minimum absolute atomic E-state index is 0.496. The molecule has 23 heavy (non-hydrogen) atoms. The summed E-state index contributed by atoms with van der Waals surface area (Å²) in [7, 11) is 0. The summed E-state index contributed by atoms with van der Waals surface area (Å²) in [5, 5.41) is 10.3. The largest absolute Gasteiger partial charge is 0.507 e. The maximum absolute atomic E-state index is 10.3. The van der Waals surface area contributed by atoms with E-state index in [4.69, 9.17) is 0 Å². The third-order valence-corrected chi connectivity index (χ3v) is 5.26. The van der Waals surface area contributed by atoms with Crippen molar-refractivity contribution < 1.29 is 10.0 Å². The van der Waals surface area contributed by atoms with E-state index in [0.29, 0.717) is 5.75 Å². The van der Waals surface area contributed by atoms with Crippen LogP contribution in [0.25, 0.3) is 5.57 Å². The Balaban J connectivity index is 1.46. The van der Waals surface area contributed by atoms with Gasteiger partial charge in [0.05, 0.1) is 13.1 Å². The Kier molecular flexibility index (Phi) is 3.92. The first-order valence-corrected chi connectivity index (χ1v) is 8.71. The van der Waals surface area contributed by atoms with E-state index in [1.165, 1.54) is 40.0 Å². The van der Waals surface area contributed by atoms with Crippen molar-refractivity contribution in [3.63, 3.8) is 0 Å². The van der Waals surface area contributed by atoms with Crippen LogP contribution in [0.4, 0.5) is 0 Å². The van der Waals surface area contributed by atoms with Gasteiger partial charge in [-0.05, 0) is 59.7 Å². The van der Waals surface area contributed by atoms with Crippen LogP contribution in [0.1, 0.15) is 35.1 Å². The van der Waals surface area contributed by atoms with Crippen LogP contribution < -0.4 is 4.90 Å². The average molecular weight is 306 g/mol. The SMILES string of the molecule is Oc1cc2c(cc1C[NH+]1CC=C(c3ccccc3)CC1)CCC2. The van der Waals surface area contributed by atoms with Crippen molar-refractivity contribution in [2.24, 2.45) is 0 Å². The number of benzene rings is 2. The Morgan fingerprint density at radius 2 is 1.74 bits per heavy atom. The predicted molar refractivity (Wildman–Crippen MR) is 93.6 cm³/mol. The van der Waals surface area contributed by atoms with Gasteiger partial charge in [0.15, 0.2) is 0 Å². The molecule has 2 aromatic rings. The number of hydrogen-bond donors (Lipinski definition) is 2. The van der Waals surface area contributed by atoms with Crippen LogP contribution in [0.3, 0.4) is 0 Å². The number of quaternary nitrogens is 1. The van der Waals surface area contributed by atoms with Gasteiger partial charge in [-0.25, -0.2) is 0 Å². The molecule has 2 heteroatoms. The van der Waals surface area contributed by atoms with E-state index in [-0.39, 0.29) is 0 Å². The van der Waals surface area contributed by atoms with Crippen molar-refractivity contribution >= 4 is 5.57 Å². The van der Waals surface area contributed by atoms with Gasteiger partial charge in [-0.2, -0.15) is 0 Å². The van der Waals surface area contributed by atoms with Gasteiger partial charge in [-0.3, -0.25) is 0 Å². The molecule has 0 amide bonds. The van der Waals surface area contributed by atoms with Crippen molar-refractivity contribution in [2.75, 3.05) is 13.1 Å². The van der Waals surface area contributed by atoms with Crippen molar-refractivity contribution in [1.82, 2.24) is 0 Å². The Morgan fingerprint density at radius 3 is 2.48 bits per heavy atom. The lowest BCUT2D eigenvalue weighted by atomic mass is 9.99. The fraction of sp³-hybridized carbons (Fsp3) is 0.333. The summed E-state index contributed by atoms with van der Waals surface area (Å²) in [6.07, 6.45) is 7.03. The molecular weight excluding hydrogens is 282 g/mol. The quantitative estimate of drug-likeness (QED) is 0.895. The molecule has 4 rings (SSSR count). The lowest BCUT2D eigenvalue weighted by Crippen LogP contribution is -3.11. The number of phenols is 1. The van der Waals surface area contributed by atoms with Gasteiger partial charge < -0.3 is 10.0 Å². The van der Waals surface area contributed by atoms with Gasteiger partial charge in [0.2, 0.25) is 0 Å². The third kappa shape index (κ3) is 3.04. The number of phenolic OH excluding ortho intramolecular Hbond substituents is 1. The zero-order valence-electron chi connectivity index (χ0n) is 13.5. The van der Waals surface area contributed by atoms with Crippen molar-refractivity contribution in [3.05, 3.63) is 70.8 Å². The first-order chi connectivity index (χ1) is 11.3. The van der Waals surface area contributed by atoms with E-state index in [0.717, 1.165) is 38.0 Å². The molecule has 2 aliphatic rings. The standard InChI is InChI=1S/C21H23NO/c23-21-14-19-8-4-7-18(19)13-20(21)15-22-11-9-17(10-12-22)16-5-2-1-3-6-16/h1-3,5-6,9,13-14,23H,4,7-8,10-12,15H2/p+1. The van der Waals surface area contributed by atoms with Gasteiger partial charge >= 0.3 is 0 Å². The molecular formula is C21H24NO+. The van der Waals surface area contributed by atoms with Gasteiger partial charge in [0, 0.05) is 12.0 Å². The molecule has 2 nitrogen and oxygen atoms in total. The highest BCUT2D eigenvalue weighted by molar-refractivity contribution is 5.65. The smallest absolute Gasteiger partial charge is 0.124 e. The maximum atomic E-state index is 10.3. The number of aromatic hydroxyl groups is 1. The average Bonchev–Trinajstić information content (AvgIpc) is 3.04. The Bertz CT molecular complexity index is 733. The van der Waals surface area contributed by atoms with Crippen molar-refractivity contribution in [3.8, 4) is 5.75 Å². The van der Waals surface area contributed by atoms with Gasteiger partial charge in [0.1, 0.15) is 12.3 Å². The molecule has 1 heterocycles. The molecule has 0 radical (unpaired) electrons. The van der Waals surface area contributed by atoms with Crippen LogP contribution in [-0.4, -0.2) is 18.2 Å². The van der Waals surface area contributed by atoms with E-state index >= 15 is 0 Å². The second kappa shape index (κ2) is 6.21. The van der Waals surface area contributed by atoms with Crippen molar-refractivity contribution in [1.29, 1.82) is 0 Å². The lowest BCUT2D eigenvalue weighted by molar-refractivity contribution is -0.908. The molecule has 1 atom stereocenters. The molecule has 1 aliphatic heterocycles. The summed E-state index contributed by atoms with van der Waals surface area (Å²) in [6.45, 7) is 3.11. The summed E-state index contributed by atoms with van der Waals surface area (Å²) in [4.78, 5) is 1.54. The summed E-state index contributed by atoms with van der Waals surface area (Å²) in [5.41, 5.74) is 6.75. The van der Waals surface area contributed by atoms with E-state index < -0.39 is 0 Å². The Morgan fingerprint density at radius 1 is 0.957 bits per heavy atom. The third-order valence-electron chi connectivity index (χ3n) is 5.26. The number of hydrogen-bond acceptors (Lipinski definition) is 1. The first-order valence-electron chi connectivity index (χ1n) is 8.71. The molecule has 1 aliphatic carbocycles. The number of nitrogens with one attached hydrogen (secondary N) is 1. The fourth-order valence-electron chi connectivity index (χ4n) is 3.93. The van der Waals surface area contributed by atoms with Crippen LogP contribution in [0.15, 0.2) is 48.5 Å². The summed E-state index contributed by atoms with van der Waals surface area (Å²) >= 11 is 0. The van der Waals surface area contributed by atoms with E-state index in [1.54, 1.807) is 0 Å². The van der Waals surface area contributed by atoms with Crippen molar-refractivity contribution in [2.45, 2.75) is 32.2 Å². The van der Waals surface area contributed by atoms with Crippen LogP contribution in [0.2, 0.25) is 0 Å². The minimum Gasteiger partial charge on any atom is -0.507 e. The molecule has 0 aromatic heterocycles. The van der Waals surface area contributed by atoms with E-state index in [1.807, 2.05) is 6.07 Å². The maximum Gasteiger partial charge on any atom is 0.124 e. The first kappa shape index (κ1) is 14.5. The van der Waals surface area contributed by atoms with Gasteiger partial charge in [-0.15, -0.1) is 0 Å². The number of aryl methyl sites for hydroxylation is 2. The second-order valence-electron chi connectivity index (χ2n) is 6.83. The number of rotatable bonds is 3. The Labute approximate surface area is 138 Å². The molecule has 0 saturated carbocycles.